The van der Waals surface area contributed by atoms with Gasteiger partial charge in [-0.3, -0.25) is 19.5 Å². The number of likely N-dealkylation sites (tertiary alicyclic amines) is 1. The number of carbonyl (C=O) groups excluding carboxylic acids is 2. The monoisotopic (exact) mass is 290 g/mol. The lowest BCUT2D eigenvalue weighted by Gasteiger charge is -2.23. The number of ether oxygens (including phenoxy) is 1. The molecule has 0 atom stereocenters. The summed E-state index contributed by atoms with van der Waals surface area (Å²) >= 11 is 0. The van der Waals surface area contributed by atoms with Crippen LogP contribution in [-0.4, -0.2) is 28.3 Å². The molecule has 0 radical (unpaired) electrons. The van der Waals surface area contributed by atoms with Crippen molar-refractivity contribution in [1.29, 1.82) is 0 Å². The molecule has 21 heavy (non-hydrogen) atoms. The number of hydrogen-bond donors (Lipinski definition) is 0. The number of imide groups is 1. The fraction of sp³-hybridized carbons (Fsp3) is 0.562. The summed E-state index contributed by atoms with van der Waals surface area (Å²) in [5, 5.41) is 0. The molecule has 1 fully saturated rings. The number of carbonyl (C=O) groups is 2. The highest BCUT2D eigenvalue weighted by Crippen LogP contribution is 2.39. The maximum atomic E-state index is 12.5. The quantitative estimate of drug-likeness (QED) is 0.755. The van der Waals surface area contributed by atoms with Crippen molar-refractivity contribution < 1.29 is 14.3 Å². The van der Waals surface area contributed by atoms with Gasteiger partial charge in [0.05, 0.1) is 30.5 Å². The minimum Gasteiger partial charge on any atom is -0.492 e. The number of rotatable bonds is 6. The Bertz CT molecular complexity index is 521. The summed E-state index contributed by atoms with van der Waals surface area (Å²) in [5.41, 5.74) is 0.186. The van der Waals surface area contributed by atoms with Crippen molar-refractivity contribution in [2.24, 2.45) is 5.41 Å². The van der Waals surface area contributed by atoms with E-state index in [0.717, 1.165) is 0 Å². The molecule has 2 rings (SSSR count). The zero-order valence-corrected chi connectivity index (χ0v) is 12.9. The molecule has 0 aromatic carbocycles. The van der Waals surface area contributed by atoms with Crippen LogP contribution in [0.2, 0.25) is 0 Å². The molecule has 2 amide bonds. The van der Waals surface area contributed by atoms with Gasteiger partial charge in [-0.2, -0.15) is 0 Å². The van der Waals surface area contributed by atoms with Crippen LogP contribution >= 0.6 is 0 Å². The van der Waals surface area contributed by atoms with E-state index in [4.69, 9.17) is 4.74 Å². The largest absolute Gasteiger partial charge is 0.492 e. The molecule has 1 aliphatic heterocycles. The van der Waals surface area contributed by atoms with E-state index in [-0.39, 0.29) is 18.4 Å². The predicted molar refractivity (Wildman–Crippen MR) is 78.6 cm³/mol. The van der Waals surface area contributed by atoms with Gasteiger partial charge in [0.25, 0.3) is 0 Å². The lowest BCUT2D eigenvalue weighted by Crippen LogP contribution is -2.34. The maximum Gasteiger partial charge on any atom is 0.236 e. The Labute approximate surface area is 125 Å². The maximum absolute atomic E-state index is 12.5. The highest BCUT2D eigenvalue weighted by molar-refractivity contribution is 6.05. The first kappa shape index (κ1) is 15.5. The van der Waals surface area contributed by atoms with Gasteiger partial charge in [0.1, 0.15) is 5.75 Å². The molecule has 1 aliphatic rings. The van der Waals surface area contributed by atoms with E-state index in [1.165, 1.54) is 4.90 Å². The van der Waals surface area contributed by atoms with Crippen molar-refractivity contribution in [3.05, 3.63) is 24.0 Å². The summed E-state index contributed by atoms with van der Waals surface area (Å²) in [6, 6.07) is 3.60. The van der Waals surface area contributed by atoms with Gasteiger partial charge in [0.2, 0.25) is 11.8 Å². The molecule has 0 spiro atoms. The predicted octanol–water partition coefficient (Wildman–Crippen LogP) is 2.55. The molecule has 5 heteroatoms. The van der Waals surface area contributed by atoms with Crippen LogP contribution in [0, 0.1) is 5.41 Å². The van der Waals surface area contributed by atoms with E-state index in [1.807, 2.05) is 26.8 Å². The Hall–Kier alpha value is -1.91. The second-order valence-electron chi connectivity index (χ2n) is 5.37. The Kier molecular flexibility index (Phi) is 4.60. The fourth-order valence-electron chi connectivity index (χ4n) is 2.74. The topological polar surface area (TPSA) is 59.5 Å². The third-order valence-corrected chi connectivity index (χ3v) is 4.27. The zero-order chi connectivity index (χ0) is 15.5. The first-order valence-electron chi connectivity index (χ1n) is 7.48. The highest BCUT2D eigenvalue weighted by atomic mass is 16.5. The van der Waals surface area contributed by atoms with Gasteiger partial charge in [-0.1, -0.05) is 13.8 Å². The summed E-state index contributed by atoms with van der Waals surface area (Å²) in [4.78, 5) is 30.3. The molecule has 5 nitrogen and oxygen atoms in total. The molecule has 2 heterocycles. The van der Waals surface area contributed by atoms with E-state index in [0.29, 0.717) is 37.3 Å². The first-order valence-corrected chi connectivity index (χ1v) is 7.48. The smallest absolute Gasteiger partial charge is 0.236 e. The third kappa shape index (κ3) is 2.91. The van der Waals surface area contributed by atoms with Gasteiger partial charge >= 0.3 is 0 Å². The van der Waals surface area contributed by atoms with Crippen molar-refractivity contribution in [3.8, 4) is 5.75 Å². The van der Waals surface area contributed by atoms with Crippen molar-refractivity contribution in [2.45, 2.75) is 46.6 Å². The third-order valence-electron chi connectivity index (χ3n) is 4.27. The number of aromatic nitrogens is 1. The van der Waals surface area contributed by atoms with Gasteiger partial charge in [0, 0.05) is 6.42 Å². The van der Waals surface area contributed by atoms with Gasteiger partial charge in [-0.05, 0) is 31.9 Å². The molecule has 0 unspecified atom stereocenters. The molecule has 0 bridgehead atoms. The average Bonchev–Trinajstić information content (AvgIpc) is 2.74. The summed E-state index contributed by atoms with van der Waals surface area (Å²) < 4.78 is 5.33. The van der Waals surface area contributed by atoms with Crippen LogP contribution in [0.4, 0.5) is 0 Å². The van der Waals surface area contributed by atoms with Crippen molar-refractivity contribution in [1.82, 2.24) is 9.88 Å². The van der Waals surface area contributed by atoms with Gasteiger partial charge in [0.15, 0.2) is 0 Å². The van der Waals surface area contributed by atoms with Crippen LogP contribution in [-0.2, 0) is 16.1 Å². The molecular weight excluding hydrogens is 268 g/mol. The lowest BCUT2D eigenvalue weighted by atomic mass is 9.81. The van der Waals surface area contributed by atoms with E-state index in [9.17, 15) is 9.59 Å². The number of pyridine rings is 1. The first-order chi connectivity index (χ1) is 10.1. The molecule has 1 saturated heterocycles. The molecule has 1 aromatic rings. The number of hydrogen-bond acceptors (Lipinski definition) is 4. The van der Waals surface area contributed by atoms with Crippen LogP contribution < -0.4 is 4.74 Å². The summed E-state index contributed by atoms with van der Waals surface area (Å²) in [7, 11) is 0. The second-order valence-corrected chi connectivity index (χ2v) is 5.37. The van der Waals surface area contributed by atoms with E-state index in [1.54, 1.807) is 12.3 Å². The number of nitrogens with zero attached hydrogens (tertiary/aromatic N) is 2. The molecular formula is C16H22N2O3. The molecule has 0 aliphatic carbocycles. The van der Waals surface area contributed by atoms with Crippen molar-refractivity contribution in [2.75, 3.05) is 6.61 Å². The highest BCUT2D eigenvalue weighted by Gasteiger charge is 2.48. The van der Waals surface area contributed by atoms with Crippen LogP contribution in [0.3, 0.4) is 0 Å². The standard InChI is InChI=1S/C16H22N2O3/c1-4-16(5-2)9-14(19)18(15(16)20)11-12-7-8-13(10-17-12)21-6-3/h7-8,10H,4-6,9,11H2,1-3H3. The van der Waals surface area contributed by atoms with E-state index in [2.05, 4.69) is 4.98 Å². The zero-order valence-electron chi connectivity index (χ0n) is 12.9. The van der Waals surface area contributed by atoms with Crippen LogP contribution in [0.15, 0.2) is 18.3 Å². The summed E-state index contributed by atoms with van der Waals surface area (Å²) in [6.07, 6.45) is 3.33. The van der Waals surface area contributed by atoms with Crippen LogP contribution in [0.25, 0.3) is 0 Å². The molecule has 0 saturated carbocycles. The van der Waals surface area contributed by atoms with Crippen molar-refractivity contribution >= 4 is 11.8 Å². The van der Waals surface area contributed by atoms with Crippen LogP contribution in [0.1, 0.15) is 45.7 Å². The minimum atomic E-state index is -0.512. The van der Waals surface area contributed by atoms with Gasteiger partial charge in [-0.15, -0.1) is 0 Å². The number of amides is 2. The summed E-state index contributed by atoms with van der Waals surface area (Å²) in [5.74, 6) is 0.532. The Morgan fingerprint density at radius 1 is 1.24 bits per heavy atom. The minimum absolute atomic E-state index is 0.0619. The summed E-state index contributed by atoms with van der Waals surface area (Å²) in [6.45, 7) is 6.66. The fourth-order valence-corrected chi connectivity index (χ4v) is 2.74. The van der Waals surface area contributed by atoms with Crippen molar-refractivity contribution in [3.63, 3.8) is 0 Å². The Morgan fingerprint density at radius 3 is 2.43 bits per heavy atom. The Balaban J connectivity index is 2.12. The SMILES string of the molecule is CCOc1ccc(CN2C(=O)CC(CC)(CC)C2=O)nc1. The second kappa shape index (κ2) is 6.24. The molecule has 0 N–H and O–H groups in total. The van der Waals surface area contributed by atoms with Gasteiger partial charge < -0.3 is 4.74 Å². The molecule has 114 valence electrons. The lowest BCUT2D eigenvalue weighted by molar-refractivity contribution is -0.142. The average molecular weight is 290 g/mol. The van der Waals surface area contributed by atoms with Gasteiger partial charge in [-0.25, -0.2) is 0 Å². The molecule has 1 aromatic heterocycles. The normalized spacial score (nSPS) is 17.4. The van der Waals surface area contributed by atoms with E-state index >= 15 is 0 Å². The van der Waals surface area contributed by atoms with Crippen LogP contribution in [0.5, 0.6) is 5.75 Å². The Morgan fingerprint density at radius 2 is 1.95 bits per heavy atom. The van der Waals surface area contributed by atoms with E-state index < -0.39 is 5.41 Å².